The third-order valence-electron chi connectivity index (χ3n) is 3.22. The van der Waals surface area contributed by atoms with E-state index in [1.807, 2.05) is 32.0 Å². The standard InChI is InChI=1S/C18H21N3O3S/c1-12-8-13(2)10-14(9-12)19-18(25)21-20-17(22)11-24-16-7-5-4-6-15(16)23-3/h4-10H,11H2,1-3H3,(H,20,22)(H2,19,21,25). The minimum Gasteiger partial charge on any atom is -0.493 e. The second-order valence-corrected chi connectivity index (χ2v) is 5.85. The molecule has 0 heterocycles. The lowest BCUT2D eigenvalue weighted by Gasteiger charge is -2.13. The summed E-state index contributed by atoms with van der Waals surface area (Å²) < 4.78 is 10.6. The van der Waals surface area contributed by atoms with E-state index in [0.717, 1.165) is 16.8 Å². The largest absolute Gasteiger partial charge is 0.493 e. The molecule has 0 bridgehead atoms. The molecule has 0 aliphatic heterocycles. The van der Waals surface area contributed by atoms with Gasteiger partial charge in [0.1, 0.15) is 0 Å². The number of thiocarbonyl (C=S) groups is 1. The molecule has 0 radical (unpaired) electrons. The molecule has 0 aliphatic carbocycles. The number of para-hydroxylation sites is 2. The molecule has 0 atom stereocenters. The van der Waals surface area contributed by atoms with Crippen LogP contribution < -0.4 is 25.6 Å². The van der Waals surface area contributed by atoms with E-state index in [4.69, 9.17) is 21.7 Å². The lowest BCUT2D eigenvalue weighted by Crippen LogP contribution is -2.45. The normalized spacial score (nSPS) is 9.88. The number of hydrogen-bond donors (Lipinski definition) is 3. The topological polar surface area (TPSA) is 71.6 Å². The summed E-state index contributed by atoms with van der Waals surface area (Å²) in [5.74, 6) is 0.696. The van der Waals surface area contributed by atoms with Gasteiger partial charge in [-0.15, -0.1) is 0 Å². The average molecular weight is 359 g/mol. The third-order valence-corrected chi connectivity index (χ3v) is 3.43. The van der Waals surface area contributed by atoms with Crippen LogP contribution in [0.5, 0.6) is 11.5 Å². The zero-order valence-corrected chi connectivity index (χ0v) is 15.2. The summed E-state index contributed by atoms with van der Waals surface area (Å²) in [6.45, 7) is 3.84. The Hall–Kier alpha value is -2.80. The van der Waals surface area contributed by atoms with Crippen LogP contribution in [0.15, 0.2) is 42.5 Å². The molecule has 132 valence electrons. The Morgan fingerprint density at radius 1 is 1.04 bits per heavy atom. The van der Waals surface area contributed by atoms with Gasteiger partial charge in [0.2, 0.25) is 0 Å². The van der Waals surface area contributed by atoms with Crippen molar-refractivity contribution >= 4 is 28.9 Å². The highest BCUT2D eigenvalue weighted by atomic mass is 32.1. The van der Waals surface area contributed by atoms with Gasteiger partial charge in [0, 0.05) is 5.69 Å². The summed E-state index contributed by atoms with van der Waals surface area (Å²) in [6.07, 6.45) is 0. The molecule has 0 aromatic heterocycles. The number of hydrogen-bond acceptors (Lipinski definition) is 4. The molecule has 25 heavy (non-hydrogen) atoms. The van der Waals surface area contributed by atoms with Crippen LogP contribution >= 0.6 is 12.2 Å². The van der Waals surface area contributed by atoms with Gasteiger partial charge in [-0.3, -0.25) is 15.6 Å². The maximum absolute atomic E-state index is 11.9. The summed E-state index contributed by atoms with van der Waals surface area (Å²) in [6, 6.07) is 13.1. The quantitative estimate of drug-likeness (QED) is 0.563. The molecule has 0 unspecified atom stereocenters. The van der Waals surface area contributed by atoms with E-state index in [9.17, 15) is 4.79 Å². The van der Waals surface area contributed by atoms with Gasteiger partial charge in [-0.1, -0.05) is 18.2 Å². The first-order valence-corrected chi connectivity index (χ1v) is 8.08. The number of anilines is 1. The molecule has 0 spiro atoms. The first kappa shape index (κ1) is 18.5. The minimum absolute atomic E-state index is 0.167. The molecule has 0 saturated carbocycles. The lowest BCUT2D eigenvalue weighted by molar-refractivity contribution is -0.123. The van der Waals surface area contributed by atoms with Crippen LogP contribution in [0.1, 0.15) is 11.1 Å². The summed E-state index contributed by atoms with van der Waals surface area (Å²) >= 11 is 5.16. The number of benzene rings is 2. The molecule has 0 fully saturated rings. The summed E-state index contributed by atoms with van der Waals surface area (Å²) in [4.78, 5) is 11.9. The van der Waals surface area contributed by atoms with Crippen molar-refractivity contribution in [1.29, 1.82) is 0 Å². The predicted octanol–water partition coefficient (Wildman–Crippen LogP) is 2.71. The van der Waals surface area contributed by atoms with Crippen LogP contribution in [0.3, 0.4) is 0 Å². The fourth-order valence-electron chi connectivity index (χ4n) is 2.25. The van der Waals surface area contributed by atoms with Crippen molar-refractivity contribution in [1.82, 2.24) is 10.9 Å². The molecular formula is C18H21N3O3S. The molecular weight excluding hydrogens is 338 g/mol. The fraction of sp³-hybridized carbons (Fsp3) is 0.222. The number of hydrazine groups is 1. The van der Waals surface area contributed by atoms with E-state index in [0.29, 0.717) is 11.5 Å². The Balaban J connectivity index is 1.78. The van der Waals surface area contributed by atoms with Crippen molar-refractivity contribution in [3.63, 3.8) is 0 Å². The average Bonchev–Trinajstić information content (AvgIpc) is 2.57. The molecule has 2 aromatic rings. The molecule has 1 amide bonds. The highest BCUT2D eigenvalue weighted by Gasteiger charge is 2.07. The Morgan fingerprint density at radius 2 is 1.68 bits per heavy atom. The zero-order valence-electron chi connectivity index (χ0n) is 14.4. The molecule has 0 aliphatic rings. The van der Waals surface area contributed by atoms with Crippen molar-refractivity contribution in [2.24, 2.45) is 0 Å². The number of ether oxygens (including phenoxy) is 2. The highest BCUT2D eigenvalue weighted by Crippen LogP contribution is 2.25. The van der Waals surface area contributed by atoms with Crippen LogP contribution in [0.4, 0.5) is 5.69 Å². The molecule has 3 N–H and O–H groups in total. The highest BCUT2D eigenvalue weighted by molar-refractivity contribution is 7.80. The van der Waals surface area contributed by atoms with Crippen LogP contribution in [0, 0.1) is 13.8 Å². The van der Waals surface area contributed by atoms with E-state index in [1.54, 1.807) is 25.3 Å². The monoisotopic (exact) mass is 359 g/mol. The second kappa shape index (κ2) is 8.89. The van der Waals surface area contributed by atoms with E-state index >= 15 is 0 Å². The van der Waals surface area contributed by atoms with Gasteiger partial charge < -0.3 is 14.8 Å². The van der Waals surface area contributed by atoms with Gasteiger partial charge in [0.25, 0.3) is 5.91 Å². The number of carbonyl (C=O) groups is 1. The Kier molecular flexibility index (Phi) is 6.59. The summed E-state index contributed by atoms with van der Waals surface area (Å²) in [5.41, 5.74) is 8.23. The summed E-state index contributed by atoms with van der Waals surface area (Å²) in [5, 5.41) is 3.30. The van der Waals surface area contributed by atoms with Gasteiger partial charge in [0.05, 0.1) is 7.11 Å². The van der Waals surface area contributed by atoms with Gasteiger partial charge in [-0.25, -0.2) is 0 Å². The maximum atomic E-state index is 11.9. The number of nitrogens with one attached hydrogen (secondary N) is 3. The Bertz CT molecular complexity index is 745. The van der Waals surface area contributed by atoms with Crippen molar-refractivity contribution in [2.75, 3.05) is 19.0 Å². The Labute approximate surface area is 152 Å². The van der Waals surface area contributed by atoms with E-state index in [-0.39, 0.29) is 17.6 Å². The Morgan fingerprint density at radius 3 is 2.32 bits per heavy atom. The third kappa shape index (κ3) is 5.96. The number of rotatable bonds is 5. The van der Waals surface area contributed by atoms with Crippen LogP contribution in [-0.2, 0) is 4.79 Å². The van der Waals surface area contributed by atoms with Crippen molar-refractivity contribution in [2.45, 2.75) is 13.8 Å². The minimum atomic E-state index is -0.365. The van der Waals surface area contributed by atoms with Crippen molar-refractivity contribution < 1.29 is 14.3 Å². The summed E-state index contributed by atoms with van der Waals surface area (Å²) in [7, 11) is 1.54. The second-order valence-electron chi connectivity index (χ2n) is 5.44. The van der Waals surface area contributed by atoms with Gasteiger partial charge in [0.15, 0.2) is 23.2 Å². The predicted molar refractivity (Wildman–Crippen MR) is 102 cm³/mol. The van der Waals surface area contributed by atoms with Crippen LogP contribution in [-0.4, -0.2) is 24.7 Å². The molecule has 2 rings (SSSR count). The van der Waals surface area contributed by atoms with E-state index < -0.39 is 0 Å². The van der Waals surface area contributed by atoms with E-state index in [2.05, 4.69) is 22.2 Å². The molecule has 0 saturated heterocycles. The van der Waals surface area contributed by atoms with Crippen molar-refractivity contribution in [3.8, 4) is 11.5 Å². The number of amides is 1. The maximum Gasteiger partial charge on any atom is 0.276 e. The van der Waals surface area contributed by atoms with Crippen molar-refractivity contribution in [3.05, 3.63) is 53.6 Å². The number of carbonyl (C=O) groups excluding carboxylic acids is 1. The number of aryl methyl sites for hydroxylation is 2. The van der Waals surface area contributed by atoms with Crippen LogP contribution in [0.2, 0.25) is 0 Å². The zero-order chi connectivity index (χ0) is 18.2. The smallest absolute Gasteiger partial charge is 0.276 e. The number of methoxy groups -OCH3 is 1. The van der Waals surface area contributed by atoms with Crippen LogP contribution in [0.25, 0.3) is 0 Å². The molecule has 7 heteroatoms. The van der Waals surface area contributed by atoms with Gasteiger partial charge >= 0.3 is 0 Å². The molecule has 2 aromatic carbocycles. The lowest BCUT2D eigenvalue weighted by atomic mass is 10.1. The van der Waals surface area contributed by atoms with Gasteiger partial charge in [-0.2, -0.15) is 0 Å². The van der Waals surface area contributed by atoms with E-state index in [1.165, 1.54) is 0 Å². The SMILES string of the molecule is COc1ccccc1OCC(=O)NNC(=S)Nc1cc(C)cc(C)c1. The van der Waals surface area contributed by atoms with Gasteiger partial charge in [-0.05, 0) is 61.5 Å². The first-order valence-electron chi connectivity index (χ1n) is 7.68. The first-order chi connectivity index (χ1) is 12.0. The molecule has 6 nitrogen and oxygen atoms in total. The fourth-order valence-corrected chi connectivity index (χ4v) is 2.42.